The zero-order valence-corrected chi connectivity index (χ0v) is 15.5. The molecular weight excluding hydrogens is 345 g/mol. The number of aromatic hydroxyl groups is 1. The number of nitrogens with zero attached hydrogens (tertiary/aromatic N) is 1. The molecule has 2 aromatic carbocycles. The molecule has 0 radical (unpaired) electrons. The van der Waals surface area contributed by atoms with Crippen LogP contribution in [-0.4, -0.2) is 40.9 Å². The molecule has 1 heterocycles. The van der Waals surface area contributed by atoms with Gasteiger partial charge in [0, 0.05) is 25.7 Å². The number of aryl methyl sites for hydroxylation is 1. The highest BCUT2D eigenvalue weighted by molar-refractivity contribution is 5.29. The topological polar surface area (TPSA) is 52.9 Å². The summed E-state index contributed by atoms with van der Waals surface area (Å²) < 4.78 is 19.6. The summed E-state index contributed by atoms with van der Waals surface area (Å²) in [4.78, 5) is 2.31. The lowest BCUT2D eigenvalue weighted by Crippen LogP contribution is -2.28. The predicted molar refractivity (Wildman–Crippen MR) is 101 cm³/mol. The summed E-state index contributed by atoms with van der Waals surface area (Å²) >= 11 is 0. The van der Waals surface area contributed by atoms with Crippen molar-refractivity contribution >= 4 is 0 Å². The van der Waals surface area contributed by atoms with Gasteiger partial charge in [-0.05, 0) is 67.0 Å². The molecule has 0 bridgehead atoms. The Kier molecular flexibility index (Phi) is 5.06. The van der Waals surface area contributed by atoms with Crippen molar-refractivity contribution in [3.05, 3.63) is 59.4 Å². The summed E-state index contributed by atoms with van der Waals surface area (Å²) in [6, 6.07) is 11.6. The number of β-amino-alcohol motifs (C(OH)–C–C–N with tert-alkyl or cyclic N) is 1. The van der Waals surface area contributed by atoms with E-state index in [-0.39, 0.29) is 17.7 Å². The van der Waals surface area contributed by atoms with Gasteiger partial charge >= 0.3 is 0 Å². The van der Waals surface area contributed by atoms with Crippen LogP contribution < -0.4 is 4.74 Å². The van der Waals surface area contributed by atoms with E-state index in [0.717, 1.165) is 37.1 Å². The minimum absolute atomic E-state index is 0.144. The molecule has 5 heteroatoms. The first kappa shape index (κ1) is 18.3. The third-order valence-electron chi connectivity index (χ3n) is 5.81. The second-order valence-corrected chi connectivity index (χ2v) is 8.02. The number of benzene rings is 2. The summed E-state index contributed by atoms with van der Waals surface area (Å²) in [7, 11) is 0. The number of ether oxygens (including phenoxy) is 1. The molecule has 1 aliphatic heterocycles. The van der Waals surface area contributed by atoms with Gasteiger partial charge in [-0.15, -0.1) is 0 Å². The Morgan fingerprint density at radius 3 is 2.41 bits per heavy atom. The van der Waals surface area contributed by atoms with E-state index >= 15 is 0 Å². The Hall–Kier alpha value is -2.11. The van der Waals surface area contributed by atoms with Crippen molar-refractivity contribution < 1.29 is 19.3 Å². The highest BCUT2D eigenvalue weighted by Crippen LogP contribution is 2.40. The molecule has 4 nitrogen and oxygen atoms in total. The third kappa shape index (κ3) is 4.25. The second kappa shape index (κ2) is 7.49. The fourth-order valence-electron chi connectivity index (χ4n) is 4.60. The molecular formula is C22H26FNO3. The van der Waals surface area contributed by atoms with Gasteiger partial charge in [0.15, 0.2) is 0 Å². The molecule has 0 spiro atoms. The van der Waals surface area contributed by atoms with Crippen molar-refractivity contribution in [2.45, 2.75) is 32.0 Å². The highest BCUT2D eigenvalue weighted by Gasteiger charge is 2.42. The molecule has 2 unspecified atom stereocenters. The first-order valence-corrected chi connectivity index (χ1v) is 9.59. The van der Waals surface area contributed by atoms with Gasteiger partial charge < -0.3 is 14.9 Å². The molecule has 2 aromatic rings. The molecule has 2 N–H and O–H groups in total. The maximum absolute atomic E-state index is 13.5. The first-order valence-electron chi connectivity index (χ1n) is 9.59. The molecule has 2 aliphatic rings. The van der Waals surface area contributed by atoms with E-state index < -0.39 is 6.10 Å². The lowest BCUT2D eigenvalue weighted by atomic mass is 10.0. The molecule has 144 valence electrons. The number of likely N-dealkylation sites (tertiary alicyclic amines) is 1. The molecule has 0 amide bonds. The van der Waals surface area contributed by atoms with Gasteiger partial charge in [0.2, 0.25) is 0 Å². The lowest BCUT2D eigenvalue weighted by Gasteiger charge is -2.22. The van der Waals surface area contributed by atoms with Gasteiger partial charge in [-0.25, -0.2) is 4.39 Å². The predicted octanol–water partition coefficient (Wildman–Crippen LogP) is 3.66. The van der Waals surface area contributed by atoms with Crippen molar-refractivity contribution in [1.82, 2.24) is 4.90 Å². The van der Waals surface area contributed by atoms with Crippen molar-refractivity contribution in [1.29, 1.82) is 0 Å². The largest absolute Gasteiger partial charge is 0.508 e. The van der Waals surface area contributed by atoms with Crippen LogP contribution in [0.2, 0.25) is 0 Å². The number of phenolic OH excluding ortho intramolecular Hbond substituents is 1. The summed E-state index contributed by atoms with van der Waals surface area (Å²) in [6.07, 6.45) is 1.55. The van der Waals surface area contributed by atoms with E-state index in [1.807, 2.05) is 13.0 Å². The zero-order chi connectivity index (χ0) is 19.0. The zero-order valence-electron chi connectivity index (χ0n) is 15.5. The fraction of sp³-hybridized carbons (Fsp3) is 0.455. The normalized spacial score (nSPS) is 26.1. The summed E-state index contributed by atoms with van der Waals surface area (Å²) in [5.74, 6) is 1.71. The molecule has 1 saturated heterocycles. The average molecular weight is 371 g/mol. The minimum atomic E-state index is -0.549. The van der Waals surface area contributed by atoms with E-state index in [1.165, 1.54) is 12.1 Å². The number of rotatable bonds is 5. The Labute approximate surface area is 159 Å². The van der Waals surface area contributed by atoms with Crippen LogP contribution in [-0.2, 0) is 0 Å². The maximum atomic E-state index is 13.5. The quantitative estimate of drug-likeness (QED) is 0.842. The summed E-state index contributed by atoms with van der Waals surface area (Å²) in [5.41, 5.74) is 1.70. The van der Waals surface area contributed by atoms with Gasteiger partial charge in [-0.3, -0.25) is 4.90 Å². The van der Waals surface area contributed by atoms with Crippen LogP contribution in [0, 0.1) is 24.6 Å². The molecule has 2 fully saturated rings. The number of hydrogen-bond donors (Lipinski definition) is 2. The molecule has 1 aliphatic carbocycles. The molecule has 4 rings (SSSR count). The minimum Gasteiger partial charge on any atom is -0.508 e. The van der Waals surface area contributed by atoms with Crippen molar-refractivity contribution in [3.63, 3.8) is 0 Å². The van der Waals surface area contributed by atoms with Crippen LogP contribution in [0.1, 0.15) is 30.1 Å². The van der Waals surface area contributed by atoms with Crippen LogP contribution in [0.15, 0.2) is 42.5 Å². The Balaban J connectivity index is 1.29. The van der Waals surface area contributed by atoms with Crippen LogP contribution in [0.4, 0.5) is 4.39 Å². The number of aliphatic hydroxyl groups excluding tert-OH is 1. The van der Waals surface area contributed by atoms with E-state index in [0.29, 0.717) is 24.1 Å². The van der Waals surface area contributed by atoms with E-state index in [1.54, 1.807) is 24.3 Å². The number of fused-ring (bicyclic) bond motifs is 1. The number of hydrogen-bond acceptors (Lipinski definition) is 4. The van der Waals surface area contributed by atoms with Crippen molar-refractivity contribution in [3.8, 4) is 11.5 Å². The summed E-state index contributed by atoms with van der Waals surface area (Å²) in [5, 5.41) is 19.8. The van der Waals surface area contributed by atoms with Gasteiger partial charge in [-0.2, -0.15) is 0 Å². The monoisotopic (exact) mass is 371 g/mol. The molecule has 4 atom stereocenters. The van der Waals surface area contributed by atoms with E-state index in [9.17, 15) is 14.6 Å². The van der Waals surface area contributed by atoms with Gasteiger partial charge in [0.25, 0.3) is 0 Å². The number of aliphatic hydroxyl groups is 1. The van der Waals surface area contributed by atoms with Gasteiger partial charge in [-0.1, -0.05) is 12.1 Å². The lowest BCUT2D eigenvalue weighted by molar-refractivity contribution is 0.116. The number of phenols is 1. The van der Waals surface area contributed by atoms with Crippen LogP contribution in [0.3, 0.4) is 0 Å². The van der Waals surface area contributed by atoms with Crippen molar-refractivity contribution in [2.75, 3.05) is 19.6 Å². The first-order chi connectivity index (χ1) is 13.0. The third-order valence-corrected chi connectivity index (χ3v) is 5.81. The van der Waals surface area contributed by atoms with Crippen molar-refractivity contribution in [2.24, 2.45) is 11.8 Å². The standard InChI is InChI=1S/C22H26FNO3/c1-14-6-18(23)10-20(7-14)27-21-8-16-11-24(12-17(16)9-21)13-22(26)15-2-4-19(25)5-3-15/h2-7,10,16-17,21-22,25-26H,8-9,11-13H2,1H3/t16-,17+,21?,22?. The summed E-state index contributed by atoms with van der Waals surface area (Å²) in [6.45, 7) is 4.40. The highest BCUT2D eigenvalue weighted by atomic mass is 19.1. The SMILES string of the molecule is Cc1cc(F)cc(OC2C[C@@H]3CN(CC(O)c4ccc(O)cc4)C[C@@H]3C2)c1. The fourth-order valence-corrected chi connectivity index (χ4v) is 4.60. The maximum Gasteiger partial charge on any atom is 0.127 e. The van der Waals surface area contributed by atoms with Gasteiger partial charge in [0.1, 0.15) is 17.3 Å². The molecule has 0 aromatic heterocycles. The van der Waals surface area contributed by atoms with Crippen LogP contribution >= 0.6 is 0 Å². The van der Waals surface area contributed by atoms with E-state index in [4.69, 9.17) is 4.74 Å². The Bertz CT molecular complexity index is 760. The van der Waals surface area contributed by atoms with Gasteiger partial charge in [0.05, 0.1) is 12.2 Å². The smallest absolute Gasteiger partial charge is 0.127 e. The average Bonchev–Trinajstić information content (AvgIpc) is 3.12. The Morgan fingerprint density at radius 1 is 1.11 bits per heavy atom. The second-order valence-electron chi connectivity index (χ2n) is 8.02. The molecule has 27 heavy (non-hydrogen) atoms. The van der Waals surface area contributed by atoms with Crippen LogP contribution in [0.25, 0.3) is 0 Å². The van der Waals surface area contributed by atoms with Crippen LogP contribution in [0.5, 0.6) is 11.5 Å². The van der Waals surface area contributed by atoms with E-state index in [2.05, 4.69) is 4.90 Å². The Morgan fingerprint density at radius 2 is 1.78 bits per heavy atom. The molecule has 1 saturated carbocycles. The number of halogens is 1.